The van der Waals surface area contributed by atoms with E-state index in [2.05, 4.69) is 10.3 Å². The molecule has 1 saturated heterocycles. The first-order valence-electron chi connectivity index (χ1n) is 10.2. The van der Waals surface area contributed by atoms with Gasteiger partial charge in [0.1, 0.15) is 11.8 Å². The van der Waals surface area contributed by atoms with E-state index in [0.717, 1.165) is 11.4 Å². The molecule has 0 radical (unpaired) electrons. The molecule has 0 bridgehead atoms. The van der Waals surface area contributed by atoms with Crippen molar-refractivity contribution in [1.29, 1.82) is 0 Å². The first-order chi connectivity index (χ1) is 15.5. The van der Waals surface area contributed by atoms with Crippen molar-refractivity contribution < 1.29 is 14.0 Å². The zero-order valence-electron chi connectivity index (χ0n) is 17.0. The van der Waals surface area contributed by atoms with E-state index in [4.69, 9.17) is 5.73 Å². The lowest BCUT2D eigenvalue weighted by atomic mass is 9.98. The van der Waals surface area contributed by atoms with Gasteiger partial charge in [-0.15, -0.1) is 0 Å². The van der Waals surface area contributed by atoms with E-state index in [9.17, 15) is 14.0 Å². The number of amides is 2. The summed E-state index contributed by atoms with van der Waals surface area (Å²) in [7, 11) is 0. The summed E-state index contributed by atoms with van der Waals surface area (Å²) in [4.78, 5) is 29.9. The summed E-state index contributed by atoms with van der Waals surface area (Å²) < 4.78 is 16.5. The molecular weight excluding hydrogens is 409 g/mol. The molecule has 1 fully saturated rings. The van der Waals surface area contributed by atoms with Crippen LogP contribution in [-0.4, -0.2) is 34.5 Å². The standard InChI is InChI=1S/C24H20FN5O2/c25-20-10-19(29-12-16(13-29)24(32)28-17-4-2-1-3-5-17)11-21-22(20)27-14-30(21)18-8-6-15(7-9-18)23(26)31/h1-11,14,16H,12-13H2,(H2,26,31)(H,28,32). The number of nitrogens with two attached hydrogens (primary N) is 1. The fraction of sp³-hybridized carbons (Fsp3) is 0.125. The number of hydrogen-bond acceptors (Lipinski definition) is 4. The van der Waals surface area contributed by atoms with E-state index in [1.165, 1.54) is 6.07 Å². The van der Waals surface area contributed by atoms with Crippen LogP contribution in [-0.2, 0) is 4.79 Å². The largest absolute Gasteiger partial charge is 0.370 e. The summed E-state index contributed by atoms with van der Waals surface area (Å²) in [6, 6.07) is 19.3. The molecule has 1 aromatic heterocycles. The second kappa shape index (κ2) is 7.81. The number of benzene rings is 3. The molecule has 32 heavy (non-hydrogen) atoms. The zero-order valence-corrected chi connectivity index (χ0v) is 17.0. The molecule has 4 aromatic rings. The fourth-order valence-electron chi connectivity index (χ4n) is 3.86. The maximum Gasteiger partial charge on any atom is 0.248 e. The van der Waals surface area contributed by atoms with Gasteiger partial charge in [0.25, 0.3) is 0 Å². The summed E-state index contributed by atoms with van der Waals surface area (Å²) in [5, 5.41) is 2.91. The first kappa shape index (κ1) is 19.7. The average molecular weight is 429 g/mol. The molecule has 0 spiro atoms. The van der Waals surface area contributed by atoms with Crippen LogP contribution in [0.4, 0.5) is 15.8 Å². The molecule has 7 nitrogen and oxygen atoms in total. The number of rotatable bonds is 5. The summed E-state index contributed by atoms with van der Waals surface area (Å²) in [5.41, 5.74) is 8.73. The molecule has 2 heterocycles. The molecule has 0 saturated carbocycles. The van der Waals surface area contributed by atoms with Gasteiger partial charge in [-0.3, -0.25) is 14.2 Å². The topological polar surface area (TPSA) is 93.2 Å². The van der Waals surface area contributed by atoms with Crippen LogP contribution in [0.1, 0.15) is 10.4 Å². The van der Waals surface area contributed by atoms with E-state index in [1.54, 1.807) is 35.2 Å². The second-order valence-electron chi connectivity index (χ2n) is 7.78. The third kappa shape index (κ3) is 3.56. The SMILES string of the molecule is NC(=O)c1ccc(-n2cnc3c(F)cc(N4CC(C(=O)Nc5ccccc5)C4)cc32)cc1. The van der Waals surface area contributed by atoms with E-state index in [0.29, 0.717) is 29.9 Å². The van der Waals surface area contributed by atoms with Crippen LogP contribution < -0.4 is 16.0 Å². The number of nitrogens with one attached hydrogen (secondary N) is 1. The van der Waals surface area contributed by atoms with E-state index in [-0.39, 0.29) is 17.3 Å². The number of para-hydroxylation sites is 1. The molecule has 8 heteroatoms. The maximum absolute atomic E-state index is 14.8. The number of fused-ring (bicyclic) bond motifs is 1. The number of carbonyl (C=O) groups excluding carboxylic acids is 2. The monoisotopic (exact) mass is 429 g/mol. The molecule has 0 atom stereocenters. The van der Waals surface area contributed by atoms with Crippen LogP contribution in [0.3, 0.4) is 0 Å². The maximum atomic E-state index is 14.8. The van der Waals surface area contributed by atoms with E-state index < -0.39 is 11.7 Å². The van der Waals surface area contributed by atoms with Crippen LogP contribution in [0.5, 0.6) is 0 Å². The van der Waals surface area contributed by atoms with Gasteiger partial charge in [0.2, 0.25) is 11.8 Å². The highest BCUT2D eigenvalue weighted by atomic mass is 19.1. The van der Waals surface area contributed by atoms with Gasteiger partial charge in [0.15, 0.2) is 5.82 Å². The Morgan fingerprint density at radius 3 is 2.41 bits per heavy atom. The van der Waals surface area contributed by atoms with Crippen molar-refractivity contribution in [1.82, 2.24) is 9.55 Å². The van der Waals surface area contributed by atoms with Crippen molar-refractivity contribution in [3.63, 3.8) is 0 Å². The van der Waals surface area contributed by atoms with Crippen molar-refractivity contribution in [3.05, 3.63) is 84.4 Å². The predicted octanol–water partition coefficient (Wildman–Crippen LogP) is 3.34. The van der Waals surface area contributed by atoms with Gasteiger partial charge in [-0.25, -0.2) is 9.37 Å². The Hall–Kier alpha value is -4.20. The highest BCUT2D eigenvalue weighted by molar-refractivity contribution is 5.95. The van der Waals surface area contributed by atoms with Gasteiger partial charge in [-0.1, -0.05) is 18.2 Å². The Morgan fingerprint density at radius 1 is 1.00 bits per heavy atom. The molecular formula is C24H20FN5O2. The van der Waals surface area contributed by atoms with Crippen LogP contribution in [0.2, 0.25) is 0 Å². The van der Waals surface area contributed by atoms with Crippen molar-refractivity contribution in [2.45, 2.75) is 0 Å². The zero-order chi connectivity index (χ0) is 22.2. The van der Waals surface area contributed by atoms with Crippen molar-refractivity contribution >= 4 is 34.2 Å². The Bertz CT molecular complexity index is 1310. The van der Waals surface area contributed by atoms with Crippen LogP contribution in [0.25, 0.3) is 16.7 Å². The van der Waals surface area contributed by atoms with Gasteiger partial charge in [-0.05, 0) is 48.5 Å². The third-order valence-corrected chi connectivity index (χ3v) is 5.68. The fourth-order valence-corrected chi connectivity index (χ4v) is 3.86. The lowest BCUT2D eigenvalue weighted by Gasteiger charge is -2.40. The average Bonchev–Trinajstić information content (AvgIpc) is 3.18. The molecule has 0 unspecified atom stereocenters. The highest BCUT2D eigenvalue weighted by Crippen LogP contribution is 2.31. The molecule has 3 N–H and O–H groups in total. The summed E-state index contributed by atoms with van der Waals surface area (Å²) in [6.07, 6.45) is 1.54. The number of carbonyl (C=O) groups is 2. The number of nitrogens with zero attached hydrogens (tertiary/aromatic N) is 3. The van der Waals surface area contributed by atoms with Gasteiger partial charge in [0.05, 0.1) is 11.4 Å². The Kier molecular flexibility index (Phi) is 4.82. The van der Waals surface area contributed by atoms with E-state index in [1.807, 2.05) is 41.3 Å². The number of hydrogen-bond donors (Lipinski definition) is 2. The van der Waals surface area contributed by atoms with Crippen molar-refractivity contribution in [2.24, 2.45) is 11.7 Å². The Morgan fingerprint density at radius 2 is 1.72 bits per heavy atom. The van der Waals surface area contributed by atoms with Crippen LogP contribution >= 0.6 is 0 Å². The minimum Gasteiger partial charge on any atom is -0.370 e. The Balaban J connectivity index is 1.36. The van der Waals surface area contributed by atoms with Crippen molar-refractivity contribution in [2.75, 3.05) is 23.3 Å². The summed E-state index contributed by atoms with van der Waals surface area (Å²) >= 11 is 0. The molecule has 2 amide bonds. The molecule has 1 aliphatic heterocycles. The van der Waals surface area contributed by atoms with E-state index >= 15 is 0 Å². The predicted molar refractivity (Wildman–Crippen MR) is 120 cm³/mol. The number of aromatic nitrogens is 2. The normalized spacial score (nSPS) is 13.7. The van der Waals surface area contributed by atoms with Gasteiger partial charge < -0.3 is 16.0 Å². The lowest BCUT2D eigenvalue weighted by molar-refractivity contribution is -0.120. The molecule has 5 rings (SSSR count). The number of anilines is 2. The Labute approximate surface area is 183 Å². The number of primary amides is 1. The number of halogens is 1. The lowest BCUT2D eigenvalue weighted by Crippen LogP contribution is -2.52. The third-order valence-electron chi connectivity index (χ3n) is 5.68. The highest BCUT2D eigenvalue weighted by Gasteiger charge is 2.33. The van der Waals surface area contributed by atoms with Gasteiger partial charge >= 0.3 is 0 Å². The number of imidazole rings is 1. The quantitative estimate of drug-likeness (QED) is 0.509. The van der Waals surface area contributed by atoms with Gasteiger partial charge in [0, 0.05) is 35.7 Å². The first-order valence-corrected chi connectivity index (χ1v) is 10.2. The molecule has 160 valence electrons. The van der Waals surface area contributed by atoms with Gasteiger partial charge in [-0.2, -0.15) is 0 Å². The molecule has 1 aliphatic rings. The molecule has 0 aliphatic carbocycles. The minimum absolute atomic E-state index is 0.0476. The minimum atomic E-state index is -0.510. The molecule has 3 aromatic carbocycles. The smallest absolute Gasteiger partial charge is 0.248 e. The van der Waals surface area contributed by atoms with Crippen LogP contribution in [0.15, 0.2) is 73.1 Å². The summed E-state index contributed by atoms with van der Waals surface area (Å²) in [5.74, 6) is -1.15. The second-order valence-corrected chi connectivity index (χ2v) is 7.78. The summed E-state index contributed by atoms with van der Waals surface area (Å²) in [6.45, 7) is 1.01. The van der Waals surface area contributed by atoms with Crippen molar-refractivity contribution in [3.8, 4) is 5.69 Å². The van der Waals surface area contributed by atoms with Crippen LogP contribution in [0, 0.1) is 11.7 Å².